The van der Waals surface area contributed by atoms with E-state index < -0.39 is 11.0 Å². The van der Waals surface area contributed by atoms with Crippen LogP contribution in [0.5, 0.6) is 0 Å². The fourth-order valence-corrected chi connectivity index (χ4v) is 2.29. The zero-order valence-electron chi connectivity index (χ0n) is 11.4. The molecule has 0 radical (unpaired) electrons. The summed E-state index contributed by atoms with van der Waals surface area (Å²) in [6.45, 7) is 9.41. The van der Waals surface area contributed by atoms with Gasteiger partial charge in [-0.3, -0.25) is 14.5 Å². The first kappa shape index (κ1) is 14.2. The Labute approximate surface area is 103 Å². The molecule has 1 N–H and O–H groups in total. The van der Waals surface area contributed by atoms with Crippen molar-refractivity contribution in [1.82, 2.24) is 4.90 Å². The highest BCUT2D eigenvalue weighted by Crippen LogP contribution is 2.42. The van der Waals surface area contributed by atoms with Gasteiger partial charge in [0, 0.05) is 18.6 Å². The molecule has 2 amide bonds. The number of carbonyl (C=O) groups is 2. The van der Waals surface area contributed by atoms with E-state index in [0.29, 0.717) is 6.42 Å². The third kappa shape index (κ3) is 2.23. The third-order valence-corrected chi connectivity index (χ3v) is 4.06. The fraction of sp³-hybridized carbons (Fsp3) is 0.846. The number of carbonyl (C=O) groups excluding carboxylic acids is 2. The van der Waals surface area contributed by atoms with E-state index in [1.807, 2.05) is 34.6 Å². The molecule has 1 saturated heterocycles. The smallest absolute Gasteiger partial charge is 0.236 e. The maximum atomic E-state index is 12.4. The van der Waals surface area contributed by atoms with Gasteiger partial charge in [-0.2, -0.15) is 0 Å². The molecule has 4 heteroatoms. The van der Waals surface area contributed by atoms with Crippen LogP contribution in [0.25, 0.3) is 0 Å². The van der Waals surface area contributed by atoms with E-state index in [1.165, 1.54) is 4.90 Å². The molecule has 17 heavy (non-hydrogen) atoms. The summed E-state index contributed by atoms with van der Waals surface area (Å²) in [4.78, 5) is 25.8. The molecule has 0 bridgehead atoms. The van der Waals surface area contributed by atoms with Gasteiger partial charge in [0.05, 0.1) is 5.41 Å². The van der Waals surface area contributed by atoms with Crippen LogP contribution < -0.4 is 0 Å². The standard InChI is InChI=1S/C13H23NO3/c1-9(2)13(5)8-10(16)14(11(13)17)12(3,4)6-7-15/h9,15H,6-8H2,1-5H3. The number of imide groups is 1. The first-order chi connectivity index (χ1) is 7.66. The van der Waals surface area contributed by atoms with Crippen molar-refractivity contribution in [2.75, 3.05) is 6.61 Å². The van der Waals surface area contributed by atoms with Crippen LogP contribution in [0.4, 0.5) is 0 Å². The van der Waals surface area contributed by atoms with Crippen molar-refractivity contribution in [3.05, 3.63) is 0 Å². The summed E-state index contributed by atoms with van der Waals surface area (Å²) in [5.41, 5.74) is -1.20. The van der Waals surface area contributed by atoms with Crippen molar-refractivity contribution in [3.63, 3.8) is 0 Å². The largest absolute Gasteiger partial charge is 0.396 e. The molecule has 0 aromatic rings. The first-order valence-corrected chi connectivity index (χ1v) is 6.15. The molecule has 1 fully saturated rings. The minimum Gasteiger partial charge on any atom is -0.396 e. The number of hydrogen-bond donors (Lipinski definition) is 1. The molecule has 1 aliphatic heterocycles. The van der Waals surface area contributed by atoms with Crippen molar-refractivity contribution in [3.8, 4) is 0 Å². The molecule has 1 atom stereocenters. The van der Waals surface area contributed by atoms with Gasteiger partial charge in [0.25, 0.3) is 0 Å². The van der Waals surface area contributed by atoms with Crippen LogP contribution in [-0.2, 0) is 9.59 Å². The monoisotopic (exact) mass is 241 g/mol. The Hall–Kier alpha value is -0.900. The van der Waals surface area contributed by atoms with E-state index >= 15 is 0 Å². The highest BCUT2D eigenvalue weighted by Gasteiger charge is 2.53. The number of hydrogen-bond acceptors (Lipinski definition) is 3. The molecule has 1 heterocycles. The van der Waals surface area contributed by atoms with E-state index in [4.69, 9.17) is 5.11 Å². The van der Waals surface area contributed by atoms with E-state index in [0.717, 1.165) is 0 Å². The molecule has 98 valence electrons. The summed E-state index contributed by atoms with van der Waals surface area (Å²) in [6, 6.07) is 0. The van der Waals surface area contributed by atoms with Gasteiger partial charge in [-0.1, -0.05) is 13.8 Å². The highest BCUT2D eigenvalue weighted by atomic mass is 16.3. The van der Waals surface area contributed by atoms with Gasteiger partial charge in [-0.25, -0.2) is 0 Å². The molecule has 0 aliphatic carbocycles. The van der Waals surface area contributed by atoms with E-state index in [2.05, 4.69) is 0 Å². The predicted octanol–water partition coefficient (Wildman–Crippen LogP) is 1.57. The Morgan fingerprint density at radius 1 is 1.41 bits per heavy atom. The van der Waals surface area contributed by atoms with Gasteiger partial charge in [0.2, 0.25) is 11.8 Å². The lowest BCUT2D eigenvalue weighted by atomic mass is 9.77. The summed E-state index contributed by atoms with van der Waals surface area (Å²) in [5.74, 6) is -0.0884. The number of aliphatic hydroxyl groups excluding tert-OH is 1. The molecule has 0 aromatic heterocycles. The van der Waals surface area contributed by atoms with Crippen molar-refractivity contribution in [2.45, 2.75) is 53.0 Å². The Morgan fingerprint density at radius 3 is 2.29 bits per heavy atom. The average molecular weight is 241 g/mol. The van der Waals surface area contributed by atoms with Crippen LogP contribution in [0.15, 0.2) is 0 Å². The predicted molar refractivity (Wildman–Crippen MR) is 65.2 cm³/mol. The maximum Gasteiger partial charge on any atom is 0.236 e. The second-order valence-electron chi connectivity index (χ2n) is 6.07. The van der Waals surface area contributed by atoms with Gasteiger partial charge >= 0.3 is 0 Å². The zero-order valence-corrected chi connectivity index (χ0v) is 11.4. The van der Waals surface area contributed by atoms with Gasteiger partial charge in [0.15, 0.2) is 0 Å². The van der Waals surface area contributed by atoms with Gasteiger partial charge in [-0.05, 0) is 33.1 Å². The lowest BCUT2D eigenvalue weighted by Gasteiger charge is -2.35. The Morgan fingerprint density at radius 2 is 1.94 bits per heavy atom. The summed E-state index contributed by atoms with van der Waals surface area (Å²) in [5, 5.41) is 9.02. The molecule has 4 nitrogen and oxygen atoms in total. The fourth-order valence-electron chi connectivity index (χ4n) is 2.29. The van der Waals surface area contributed by atoms with E-state index in [1.54, 1.807) is 0 Å². The summed E-state index contributed by atoms with van der Waals surface area (Å²) < 4.78 is 0. The second-order valence-corrected chi connectivity index (χ2v) is 6.07. The molecule has 0 spiro atoms. The Kier molecular flexibility index (Phi) is 3.67. The van der Waals surface area contributed by atoms with Crippen molar-refractivity contribution in [1.29, 1.82) is 0 Å². The Balaban J connectivity index is 3.05. The van der Waals surface area contributed by atoms with Crippen LogP contribution >= 0.6 is 0 Å². The molecule has 0 saturated carbocycles. The minimum atomic E-state index is -0.602. The number of aliphatic hydroxyl groups is 1. The van der Waals surface area contributed by atoms with Gasteiger partial charge < -0.3 is 5.11 Å². The molecule has 0 aromatic carbocycles. The topological polar surface area (TPSA) is 57.6 Å². The molecular formula is C13H23NO3. The number of likely N-dealkylation sites (tertiary alicyclic amines) is 1. The zero-order chi connectivity index (χ0) is 13.4. The summed E-state index contributed by atoms with van der Waals surface area (Å²) in [6.07, 6.45) is 0.691. The number of rotatable bonds is 4. The van der Waals surface area contributed by atoms with Crippen molar-refractivity contribution in [2.24, 2.45) is 11.3 Å². The highest BCUT2D eigenvalue weighted by molar-refractivity contribution is 6.06. The van der Waals surface area contributed by atoms with Gasteiger partial charge in [0.1, 0.15) is 0 Å². The Bertz CT molecular complexity index is 336. The molecule has 1 rings (SSSR count). The van der Waals surface area contributed by atoms with E-state index in [9.17, 15) is 9.59 Å². The van der Waals surface area contributed by atoms with Crippen LogP contribution in [-0.4, -0.2) is 34.0 Å². The quantitative estimate of drug-likeness (QED) is 0.760. The molecule has 1 aliphatic rings. The van der Waals surface area contributed by atoms with Crippen LogP contribution in [0.1, 0.15) is 47.5 Å². The maximum absolute atomic E-state index is 12.4. The summed E-state index contributed by atoms with van der Waals surface area (Å²) in [7, 11) is 0. The third-order valence-electron chi connectivity index (χ3n) is 4.06. The summed E-state index contributed by atoms with van der Waals surface area (Å²) >= 11 is 0. The van der Waals surface area contributed by atoms with Crippen molar-refractivity contribution >= 4 is 11.8 Å². The lowest BCUT2D eigenvalue weighted by Crippen LogP contribution is -2.50. The van der Waals surface area contributed by atoms with Crippen molar-refractivity contribution < 1.29 is 14.7 Å². The number of amides is 2. The normalized spacial score (nSPS) is 26.2. The molecular weight excluding hydrogens is 218 g/mol. The molecule has 1 unspecified atom stereocenters. The lowest BCUT2D eigenvalue weighted by molar-refractivity contribution is -0.148. The van der Waals surface area contributed by atoms with Gasteiger partial charge in [-0.15, -0.1) is 0 Å². The van der Waals surface area contributed by atoms with Crippen LogP contribution in [0.2, 0.25) is 0 Å². The SMILES string of the molecule is CC(C)C1(C)CC(=O)N(C(C)(C)CCO)C1=O. The van der Waals surface area contributed by atoms with Crippen LogP contribution in [0, 0.1) is 11.3 Å². The second kappa shape index (κ2) is 4.41. The average Bonchev–Trinajstić information content (AvgIpc) is 2.38. The van der Waals surface area contributed by atoms with E-state index in [-0.39, 0.29) is 30.8 Å². The minimum absolute atomic E-state index is 0.0253. The van der Waals surface area contributed by atoms with Crippen LogP contribution in [0.3, 0.4) is 0 Å². The number of nitrogens with zero attached hydrogens (tertiary/aromatic N) is 1. The first-order valence-electron chi connectivity index (χ1n) is 6.15.